The fourth-order valence-electron chi connectivity index (χ4n) is 2.24. The number of hydrogen-bond acceptors (Lipinski definition) is 2. The Labute approximate surface area is 126 Å². The Morgan fingerprint density at radius 1 is 1.10 bits per heavy atom. The number of fused-ring (bicyclic) bond motifs is 1. The Morgan fingerprint density at radius 3 is 2.60 bits per heavy atom. The number of halogens is 1. The molecule has 0 saturated heterocycles. The smallest absolute Gasteiger partial charge is 0.130 e. The van der Waals surface area contributed by atoms with Crippen molar-refractivity contribution in [3.05, 3.63) is 58.3 Å². The van der Waals surface area contributed by atoms with Gasteiger partial charge in [-0.05, 0) is 48.0 Å². The summed E-state index contributed by atoms with van der Waals surface area (Å²) in [4.78, 5) is 0. The van der Waals surface area contributed by atoms with Gasteiger partial charge >= 0.3 is 0 Å². The molecule has 0 unspecified atom stereocenters. The maximum Gasteiger partial charge on any atom is 0.130 e. The van der Waals surface area contributed by atoms with Gasteiger partial charge in [0.1, 0.15) is 12.4 Å². The lowest BCUT2D eigenvalue weighted by atomic mass is 10.1. The van der Waals surface area contributed by atoms with Crippen molar-refractivity contribution in [2.75, 3.05) is 0 Å². The summed E-state index contributed by atoms with van der Waals surface area (Å²) >= 11 is 3.48. The minimum atomic E-state index is 0.527. The van der Waals surface area contributed by atoms with Crippen molar-refractivity contribution in [1.29, 1.82) is 0 Å². The van der Waals surface area contributed by atoms with Crippen LogP contribution < -0.4 is 4.74 Å². The van der Waals surface area contributed by atoms with E-state index >= 15 is 0 Å². The predicted molar refractivity (Wildman–Crippen MR) is 83.9 cm³/mol. The number of rotatable bonds is 3. The van der Waals surface area contributed by atoms with Crippen molar-refractivity contribution < 1.29 is 4.74 Å². The summed E-state index contributed by atoms with van der Waals surface area (Å²) in [6, 6.07) is 14.4. The van der Waals surface area contributed by atoms with Gasteiger partial charge in [0.05, 0.1) is 11.4 Å². The zero-order chi connectivity index (χ0) is 14.1. The van der Waals surface area contributed by atoms with Gasteiger partial charge in [0, 0.05) is 11.5 Å². The molecular formula is C16H15BrN2O. The molecule has 0 N–H and O–H groups in total. The first kappa shape index (κ1) is 13.2. The van der Waals surface area contributed by atoms with Crippen LogP contribution in [0.3, 0.4) is 0 Å². The molecule has 0 amide bonds. The third-order valence-electron chi connectivity index (χ3n) is 3.26. The summed E-state index contributed by atoms with van der Waals surface area (Å²) in [7, 11) is 1.93. The van der Waals surface area contributed by atoms with Crippen LogP contribution in [0.2, 0.25) is 0 Å². The van der Waals surface area contributed by atoms with E-state index in [1.165, 1.54) is 10.8 Å². The topological polar surface area (TPSA) is 27.1 Å². The van der Waals surface area contributed by atoms with E-state index in [0.717, 1.165) is 21.6 Å². The molecule has 0 aliphatic rings. The van der Waals surface area contributed by atoms with Crippen LogP contribution in [0.5, 0.6) is 5.75 Å². The molecule has 2 aromatic carbocycles. The number of aryl methyl sites for hydroxylation is 2. The zero-order valence-electron chi connectivity index (χ0n) is 11.4. The van der Waals surface area contributed by atoms with Crippen molar-refractivity contribution >= 4 is 26.7 Å². The molecule has 0 aliphatic heterocycles. The Kier molecular flexibility index (Phi) is 3.49. The standard InChI is InChI=1S/C16H15BrN2O/c1-11-7-15(19(2)18-11)10-20-16-6-4-12-8-14(17)5-3-13(12)9-16/h3-9H,10H2,1-2H3. The van der Waals surface area contributed by atoms with E-state index in [0.29, 0.717) is 6.61 Å². The number of nitrogens with zero attached hydrogens (tertiary/aromatic N) is 2. The second kappa shape index (κ2) is 5.29. The first-order valence-corrected chi connectivity index (χ1v) is 7.23. The third kappa shape index (κ3) is 2.70. The highest BCUT2D eigenvalue weighted by Gasteiger charge is 2.04. The van der Waals surface area contributed by atoms with Gasteiger partial charge in [-0.1, -0.05) is 28.1 Å². The minimum Gasteiger partial charge on any atom is -0.487 e. The van der Waals surface area contributed by atoms with Gasteiger partial charge in [0.25, 0.3) is 0 Å². The van der Waals surface area contributed by atoms with E-state index in [1.54, 1.807) is 0 Å². The molecule has 102 valence electrons. The first-order chi connectivity index (χ1) is 9.61. The predicted octanol–water partition coefficient (Wildman–Crippen LogP) is 4.22. The quantitative estimate of drug-likeness (QED) is 0.718. The summed E-state index contributed by atoms with van der Waals surface area (Å²) in [5.74, 6) is 0.874. The molecule has 20 heavy (non-hydrogen) atoms. The summed E-state index contributed by atoms with van der Waals surface area (Å²) in [5.41, 5.74) is 2.08. The first-order valence-electron chi connectivity index (χ1n) is 6.43. The van der Waals surface area contributed by atoms with Gasteiger partial charge in [-0.15, -0.1) is 0 Å². The number of hydrogen-bond donors (Lipinski definition) is 0. The fraction of sp³-hybridized carbons (Fsp3) is 0.188. The van der Waals surface area contributed by atoms with Gasteiger partial charge in [-0.25, -0.2) is 0 Å². The molecule has 0 fully saturated rings. The molecule has 1 aromatic heterocycles. The van der Waals surface area contributed by atoms with Gasteiger partial charge in [0.2, 0.25) is 0 Å². The normalized spacial score (nSPS) is 10.9. The molecule has 3 rings (SSSR count). The largest absolute Gasteiger partial charge is 0.487 e. The molecule has 3 nitrogen and oxygen atoms in total. The van der Waals surface area contributed by atoms with E-state index in [2.05, 4.69) is 45.3 Å². The van der Waals surface area contributed by atoms with Crippen LogP contribution in [0.1, 0.15) is 11.4 Å². The van der Waals surface area contributed by atoms with E-state index in [4.69, 9.17) is 4.74 Å². The molecule has 0 radical (unpaired) electrons. The van der Waals surface area contributed by atoms with E-state index in [9.17, 15) is 0 Å². The molecule has 0 aliphatic carbocycles. The van der Waals surface area contributed by atoms with Crippen molar-refractivity contribution in [2.24, 2.45) is 7.05 Å². The van der Waals surface area contributed by atoms with Crippen LogP contribution in [0.4, 0.5) is 0 Å². The maximum atomic E-state index is 5.85. The van der Waals surface area contributed by atoms with Crippen LogP contribution in [0.15, 0.2) is 46.9 Å². The van der Waals surface area contributed by atoms with Crippen LogP contribution in [0, 0.1) is 6.92 Å². The molecule has 0 saturated carbocycles. The second-order valence-corrected chi connectivity index (χ2v) is 5.76. The average Bonchev–Trinajstić information content (AvgIpc) is 2.74. The summed E-state index contributed by atoms with van der Waals surface area (Å²) < 4.78 is 8.79. The van der Waals surface area contributed by atoms with Crippen LogP contribution >= 0.6 is 15.9 Å². The number of ether oxygens (including phenoxy) is 1. The summed E-state index contributed by atoms with van der Waals surface area (Å²) in [5, 5.41) is 6.68. The average molecular weight is 331 g/mol. The second-order valence-electron chi connectivity index (χ2n) is 4.84. The Hall–Kier alpha value is -1.81. The Bertz CT molecular complexity index is 764. The van der Waals surface area contributed by atoms with Gasteiger partial charge in [0.15, 0.2) is 0 Å². The molecule has 1 heterocycles. The van der Waals surface area contributed by atoms with E-state index in [-0.39, 0.29) is 0 Å². The van der Waals surface area contributed by atoms with Gasteiger partial charge in [-0.3, -0.25) is 4.68 Å². The summed E-state index contributed by atoms with van der Waals surface area (Å²) in [6.07, 6.45) is 0. The zero-order valence-corrected chi connectivity index (χ0v) is 13.0. The Morgan fingerprint density at radius 2 is 1.85 bits per heavy atom. The molecule has 3 aromatic rings. The minimum absolute atomic E-state index is 0.527. The molecule has 0 bridgehead atoms. The molecular weight excluding hydrogens is 316 g/mol. The van der Waals surface area contributed by atoms with Crippen LogP contribution in [0.25, 0.3) is 10.8 Å². The lowest BCUT2D eigenvalue weighted by Crippen LogP contribution is -2.02. The fourth-order valence-corrected chi connectivity index (χ4v) is 2.62. The number of benzene rings is 2. The monoisotopic (exact) mass is 330 g/mol. The number of aromatic nitrogens is 2. The highest BCUT2D eigenvalue weighted by Crippen LogP contribution is 2.24. The van der Waals surface area contributed by atoms with Crippen molar-refractivity contribution in [2.45, 2.75) is 13.5 Å². The van der Waals surface area contributed by atoms with E-state index in [1.807, 2.05) is 36.9 Å². The Balaban J connectivity index is 1.81. The lowest BCUT2D eigenvalue weighted by Gasteiger charge is -2.07. The SMILES string of the molecule is Cc1cc(COc2ccc3cc(Br)ccc3c2)n(C)n1. The van der Waals surface area contributed by atoms with Crippen molar-refractivity contribution in [3.63, 3.8) is 0 Å². The third-order valence-corrected chi connectivity index (χ3v) is 3.75. The highest BCUT2D eigenvalue weighted by atomic mass is 79.9. The molecule has 4 heteroatoms. The maximum absolute atomic E-state index is 5.85. The lowest BCUT2D eigenvalue weighted by molar-refractivity contribution is 0.295. The van der Waals surface area contributed by atoms with E-state index < -0.39 is 0 Å². The van der Waals surface area contributed by atoms with Crippen molar-refractivity contribution in [3.8, 4) is 5.75 Å². The highest BCUT2D eigenvalue weighted by molar-refractivity contribution is 9.10. The van der Waals surface area contributed by atoms with Gasteiger partial charge < -0.3 is 4.74 Å². The summed E-state index contributed by atoms with van der Waals surface area (Å²) in [6.45, 7) is 2.51. The van der Waals surface area contributed by atoms with Crippen LogP contribution in [-0.2, 0) is 13.7 Å². The van der Waals surface area contributed by atoms with Crippen LogP contribution in [-0.4, -0.2) is 9.78 Å². The molecule has 0 spiro atoms. The van der Waals surface area contributed by atoms with Gasteiger partial charge in [-0.2, -0.15) is 5.10 Å². The van der Waals surface area contributed by atoms with Crippen molar-refractivity contribution in [1.82, 2.24) is 9.78 Å². The molecule has 0 atom stereocenters.